The third-order valence-electron chi connectivity index (χ3n) is 3.51. The van der Waals surface area contributed by atoms with Gasteiger partial charge in [0, 0.05) is 12.2 Å². The van der Waals surface area contributed by atoms with Gasteiger partial charge in [0.05, 0.1) is 0 Å². The summed E-state index contributed by atoms with van der Waals surface area (Å²) < 4.78 is 0. The first-order valence-electron chi connectivity index (χ1n) is 6.27. The highest BCUT2D eigenvalue weighted by Gasteiger charge is 2.16. The Morgan fingerprint density at radius 3 is 3.06 bits per heavy atom. The second kappa shape index (κ2) is 5.35. The molecule has 1 atom stereocenters. The second-order valence-electron chi connectivity index (χ2n) is 5.05. The quantitative estimate of drug-likeness (QED) is 0.790. The molecule has 16 heavy (non-hydrogen) atoms. The molecule has 0 amide bonds. The molecule has 2 rings (SSSR count). The van der Waals surface area contributed by atoms with Crippen LogP contribution in [0.2, 0.25) is 0 Å². The summed E-state index contributed by atoms with van der Waals surface area (Å²) in [5.74, 6) is 0.875. The highest BCUT2D eigenvalue weighted by molar-refractivity contribution is 5.40. The van der Waals surface area contributed by atoms with Crippen LogP contribution in [0.5, 0.6) is 0 Å². The van der Waals surface area contributed by atoms with E-state index in [-0.39, 0.29) is 0 Å². The van der Waals surface area contributed by atoms with Crippen molar-refractivity contribution in [3.8, 4) is 0 Å². The van der Waals surface area contributed by atoms with Crippen molar-refractivity contribution in [2.75, 3.05) is 25.9 Å². The van der Waals surface area contributed by atoms with Gasteiger partial charge in [0.25, 0.3) is 0 Å². The van der Waals surface area contributed by atoms with E-state index in [1.807, 2.05) is 6.07 Å². The molecule has 1 saturated heterocycles. The average molecular weight is 218 g/mol. The van der Waals surface area contributed by atoms with E-state index in [1.54, 1.807) is 0 Å². The van der Waals surface area contributed by atoms with E-state index >= 15 is 0 Å². The molecule has 2 N–H and O–H groups in total. The number of nitrogens with zero attached hydrogens (tertiary/aromatic N) is 1. The zero-order valence-electron chi connectivity index (χ0n) is 10.2. The van der Waals surface area contributed by atoms with E-state index in [0.29, 0.717) is 0 Å². The SMILES string of the molecule is CN1CCCC(CCc2cccc(N)c2)C1. The Bertz CT molecular complexity index is 335. The number of benzene rings is 1. The molecule has 0 spiro atoms. The van der Waals surface area contributed by atoms with Crippen molar-refractivity contribution in [1.29, 1.82) is 0 Å². The predicted octanol–water partition coefficient (Wildman–Crippen LogP) is 2.54. The number of hydrogen-bond donors (Lipinski definition) is 1. The minimum Gasteiger partial charge on any atom is -0.399 e. The van der Waals surface area contributed by atoms with Crippen molar-refractivity contribution in [2.45, 2.75) is 25.7 Å². The van der Waals surface area contributed by atoms with E-state index in [9.17, 15) is 0 Å². The van der Waals surface area contributed by atoms with Crippen LogP contribution in [0.15, 0.2) is 24.3 Å². The summed E-state index contributed by atoms with van der Waals surface area (Å²) in [6.45, 7) is 2.54. The van der Waals surface area contributed by atoms with Crippen LogP contribution in [0.1, 0.15) is 24.8 Å². The monoisotopic (exact) mass is 218 g/mol. The third kappa shape index (κ3) is 3.24. The Kier molecular flexibility index (Phi) is 3.83. The lowest BCUT2D eigenvalue weighted by Gasteiger charge is -2.29. The van der Waals surface area contributed by atoms with Crippen molar-refractivity contribution >= 4 is 5.69 Å². The van der Waals surface area contributed by atoms with Gasteiger partial charge >= 0.3 is 0 Å². The molecular formula is C14H22N2. The molecule has 88 valence electrons. The number of nitrogens with two attached hydrogens (primary N) is 1. The fraction of sp³-hybridized carbons (Fsp3) is 0.571. The molecule has 0 aliphatic carbocycles. The third-order valence-corrected chi connectivity index (χ3v) is 3.51. The Morgan fingerprint density at radius 1 is 1.44 bits per heavy atom. The summed E-state index contributed by atoms with van der Waals surface area (Å²) in [4.78, 5) is 2.45. The number of piperidine rings is 1. The van der Waals surface area contributed by atoms with Crippen LogP contribution in [-0.2, 0) is 6.42 Å². The molecule has 0 aromatic heterocycles. The second-order valence-corrected chi connectivity index (χ2v) is 5.05. The van der Waals surface area contributed by atoms with Gasteiger partial charge in [-0.1, -0.05) is 12.1 Å². The van der Waals surface area contributed by atoms with Crippen molar-refractivity contribution in [2.24, 2.45) is 5.92 Å². The van der Waals surface area contributed by atoms with Crippen LogP contribution in [0.4, 0.5) is 5.69 Å². The van der Waals surface area contributed by atoms with Crippen LogP contribution >= 0.6 is 0 Å². The smallest absolute Gasteiger partial charge is 0.0316 e. The van der Waals surface area contributed by atoms with E-state index in [2.05, 4.69) is 30.1 Å². The van der Waals surface area contributed by atoms with Gasteiger partial charge in [-0.3, -0.25) is 0 Å². The van der Waals surface area contributed by atoms with Gasteiger partial charge in [0.15, 0.2) is 0 Å². The maximum Gasteiger partial charge on any atom is 0.0316 e. The van der Waals surface area contributed by atoms with Gasteiger partial charge in [0.1, 0.15) is 0 Å². The zero-order valence-corrected chi connectivity index (χ0v) is 10.2. The lowest BCUT2D eigenvalue weighted by Crippen LogP contribution is -2.32. The first kappa shape index (κ1) is 11.5. The van der Waals surface area contributed by atoms with E-state index in [0.717, 1.165) is 11.6 Å². The summed E-state index contributed by atoms with van der Waals surface area (Å²) in [5, 5.41) is 0. The van der Waals surface area contributed by atoms with Crippen LogP contribution in [0, 0.1) is 5.92 Å². The Morgan fingerprint density at radius 2 is 2.31 bits per heavy atom. The summed E-state index contributed by atoms with van der Waals surface area (Å²) in [6, 6.07) is 8.30. The van der Waals surface area contributed by atoms with Gasteiger partial charge in [-0.25, -0.2) is 0 Å². The molecule has 1 aliphatic heterocycles. The molecule has 0 saturated carbocycles. The molecule has 2 heteroatoms. The first-order valence-corrected chi connectivity index (χ1v) is 6.27. The highest BCUT2D eigenvalue weighted by Crippen LogP contribution is 2.21. The number of anilines is 1. The molecular weight excluding hydrogens is 196 g/mol. The van der Waals surface area contributed by atoms with Crippen molar-refractivity contribution in [1.82, 2.24) is 4.90 Å². The molecule has 1 unspecified atom stereocenters. The fourth-order valence-electron chi connectivity index (χ4n) is 2.63. The minimum atomic E-state index is 0.875. The number of hydrogen-bond acceptors (Lipinski definition) is 2. The summed E-state index contributed by atoms with van der Waals surface area (Å²) >= 11 is 0. The zero-order chi connectivity index (χ0) is 11.4. The van der Waals surface area contributed by atoms with Gasteiger partial charge < -0.3 is 10.6 Å². The number of rotatable bonds is 3. The number of likely N-dealkylation sites (tertiary alicyclic amines) is 1. The van der Waals surface area contributed by atoms with Gasteiger partial charge in [-0.05, 0) is 62.9 Å². The topological polar surface area (TPSA) is 29.3 Å². The molecule has 1 aromatic rings. The van der Waals surface area contributed by atoms with Crippen molar-refractivity contribution in [3.63, 3.8) is 0 Å². The molecule has 1 aromatic carbocycles. The van der Waals surface area contributed by atoms with E-state index in [4.69, 9.17) is 5.73 Å². The predicted molar refractivity (Wildman–Crippen MR) is 69.4 cm³/mol. The van der Waals surface area contributed by atoms with Crippen LogP contribution in [-0.4, -0.2) is 25.0 Å². The Hall–Kier alpha value is -1.02. The molecule has 0 radical (unpaired) electrons. The Labute approximate surface area is 98.4 Å². The molecule has 2 nitrogen and oxygen atoms in total. The summed E-state index contributed by atoms with van der Waals surface area (Å²) in [7, 11) is 2.23. The Balaban J connectivity index is 1.82. The fourth-order valence-corrected chi connectivity index (χ4v) is 2.63. The maximum absolute atomic E-state index is 5.78. The van der Waals surface area contributed by atoms with Crippen LogP contribution in [0.3, 0.4) is 0 Å². The van der Waals surface area contributed by atoms with Crippen molar-refractivity contribution in [3.05, 3.63) is 29.8 Å². The highest BCUT2D eigenvalue weighted by atomic mass is 15.1. The largest absolute Gasteiger partial charge is 0.399 e. The van der Waals surface area contributed by atoms with Crippen LogP contribution in [0.25, 0.3) is 0 Å². The van der Waals surface area contributed by atoms with Gasteiger partial charge in [-0.15, -0.1) is 0 Å². The van der Waals surface area contributed by atoms with Gasteiger partial charge in [-0.2, -0.15) is 0 Å². The lowest BCUT2D eigenvalue weighted by molar-refractivity contribution is 0.202. The van der Waals surface area contributed by atoms with Crippen molar-refractivity contribution < 1.29 is 0 Å². The van der Waals surface area contributed by atoms with Gasteiger partial charge in [0.2, 0.25) is 0 Å². The molecule has 1 heterocycles. The molecule has 0 bridgehead atoms. The van der Waals surface area contributed by atoms with E-state index < -0.39 is 0 Å². The minimum absolute atomic E-state index is 0.875. The lowest BCUT2D eigenvalue weighted by atomic mass is 9.92. The molecule has 1 fully saturated rings. The molecule has 1 aliphatic rings. The average Bonchev–Trinajstić information content (AvgIpc) is 2.27. The summed E-state index contributed by atoms with van der Waals surface area (Å²) in [6.07, 6.45) is 5.22. The normalized spacial score (nSPS) is 22.2. The summed E-state index contributed by atoms with van der Waals surface area (Å²) in [5.41, 5.74) is 8.05. The maximum atomic E-state index is 5.78. The first-order chi connectivity index (χ1) is 7.74. The number of nitrogen functional groups attached to an aromatic ring is 1. The number of aryl methyl sites for hydroxylation is 1. The van der Waals surface area contributed by atoms with E-state index in [1.165, 1.54) is 44.3 Å². The standard InChI is InChI=1S/C14H22N2/c1-16-9-3-5-13(11-16)8-7-12-4-2-6-14(15)10-12/h2,4,6,10,13H,3,5,7-9,11,15H2,1H3. The van der Waals surface area contributed by atoms with Crippen LogP contribution < -0.4 is 5.73 Å².